The van der Waals surface area contributed by atoms with Gasteiger partial charge in [-0.3, -0.25) is 4.57 Å². The molecule has 0 bridgehead atoms. The predicted molar refractivity (Wildman–Crippen MR) is 44.8 cm³/mol. The van der Waals surface area contributed by atoms with Crippen LogP contribution in [0.25, 0.3) is 0 Å². The van der Waals surface area contributed by atoms with Gasteiger partial charge in [-0.1, -0.05) is 0 Å². The Kier molecular flexibility index (Phi) is 9.31. The third-order valence-electron chi connectivity index (χ3n) is 0.622. The summed E-state index contributed by atoms with van der Waals surface area (Å²) in [5.41, 5.74) is 0. The van der Waals surface area contributed by atoms with Crippen molar-refractivity contribution in [1.82, 2.24) is 0 Å². The van der Waals surface area contributed by atoms with Crippen molar-refractivity contribution in [1.29, 1.82) is 0 Å². The van der Waals surface area contributed by atoms with Crippen molar-refractivity contribution in [3.8, 4) is 0 Å². The van der Waals surface area contributed by atoms with E-state index in [1.807, 2.05) is 0 Å². The summed E-state index contributed by atoms with van der Waals surface area (Å²) in [5.74, 6) is 0. The summed E-state index contributed by atoms with van der Waals surface area (Å²) in [7, 11) is -23.0. The van der Waals surface area contributed by atoms with Gasteiger partial charge in [0.25, 0.3) is 7.82 Å². The molecule has 3 atom stereocenters. The second-order valence-corrected chi connectivity index (χ2v) is 7.89. The van der Waals surface area contributed by atoms with Crippen molar-refractivity contribution in [3.63, 3.8) is 0 Å². The molecule has 3 unspecified atom stereocenters. The largest absolute Gasteiger partial charge is 1.00 e. The van der Waals surface area contributed by atoms with Crippen molar-refractivity contribution in [2.45, 2.75) is 0 Å². The van der Waals surface area contributed by atoms with Crippen molar-refractivity contribution >= 4 is 31.3 Å². The van der Waals surface area contributed by atoms with Crippen LogP contribution >= 0.6 is 31.3 Å². The standard InChI is InChI=1S/K.H6O13P4/c;1-14(2,3)11-16(7,8)13-17(9,10)12-15(4,5)6/h;(H,7,8)(H,9,10)(H2,1,2,3)(H2,4,5,6)/q+1;/p-1. The Hall–Kier alpha value is 2.20. The molecule has 0 saturated heterocycles. The maximum absolute atomic E-state index is 10.7. The van der Waals surface area contributed by atoms with Crippen LogP contribution in [-0.2, 0) is 31.2 Å². The second-order valence-electron chi connectivity index (χ2n) is 2.14. The van der Waals surface area contributed by atoms with Gasteiger partial charge in [0.1, 0.15) is 0 Å². The molecule has 0 aromatic heterocycles. The number of rotatable bonds is 6. The van der Waals surface area contributed by atoms with Gasteiger partial charge in [0.2, 0.25) is 0 Å². The van der Waals surface area contributed by atoms with Crippen molar-refractivity contribution < 1.29 is 112 Å². The summed E-state index contributed by atoms with van der Waals surface area (Å²) in [5, 5.41) is 0. The van der Waals surface area contributed by atoms with E-state index in [4.69, 9.17) is 24.5 Å². The molecule has 104 valence electrons. The minimum atomic E-state index is -5.83. The van der Waals surface area contributed by atoms with Gasteiger partial charge in [0.15, 0.2) is 0 Å². The first-order valence-corrected chi connectivity index (χ1v) is 9.02. The third kappa shape index (κ3) is 13.2. The van der Waals surface area contributed by atoms with E-state index in [1.54, 1.807) is 0 Å². The van der Waals surface area contributed by atoms with Gasteiger partial charge >= 0.3 is 74.9 Å². The Labute approximate surface area is 142 Å². The van der Waals surface area contributed by atoms with Crippen LogP contribution in [0.15, 0.2) is 0 Å². The van der Waals surface area contributed by atoms with E-state index in [-0.39, 0.29) is 51.4 Å². The number of hydrogen-bond acceptors (Lipinski definition) is 8. The van der Waals surface area contributed by atoms with Crippen LogP contribution in [0.3, 0.4) is 0 Å². The molecule has 0 aliphatic heterocycles. The molecule has 0 heterocycles. The summed E-state index contributed by atoms with van der Waals surface area (Å²) in [6.07, 6.45) is 0. The quantitative estimate of drug-likeness (QED) is 0.219. The zero-order valence-electron chi connectivity index (χ0n) is 8.29. The molecule has 0 radical (unpaired) electrons. The minimum Gasteiger partial charge on any atom is -0.756 e. The van der Waals surface area contributed by atoms with E-state index < -0.39 is 31.3 Å². The molecule has 0 fully saturated rings. The summed E-state index contributed by atoms with van der Waals surface area (Å²) in [4.78, 5) is 51.2. The summed E-state index contributed by atoms with van der Waals surface area (Å²) >= 11 is 0. The molecule has 0 saturated carbocycles. The molecular formula is H5KO13P4. The Morgan fingerprint density at radius 3 is 1.33 bits per heavy atom. The van der Waals surface area contributed by atoms with E-state index in [0.717, 1.165) is 0 Å². The van der Waals surface area contributed by atoms with Crippen LogP contribution in [0.5, 0.6) is 0 Å². The van der Waals surface area contributed by atoms with E-state index >= 15 is 0 Å². The number of phosphoric acid groups is 4. The Bertz CT molecular complexity index is 408. The fourth-order valence-electron chi connectivity index (χ4n) is 0.425. The van der Waals surface area contributed by atoms with Crippen molar-refractivity contribution in [3.05, 3.63) is 0 Å². The summed E-state index contributed by atoms with van der Waals surface area (Å²) < 4.78 is 50.5. The van der Waals surface area contributed by atoms with Gasteiger partial charge in [-0.15, -0.1) is 0 Å². The van der Waals surface area contributed by atoms with Crippen LogP contribution < -0.4 is 56.3 Å². The Morgan fingerprint density at radius 2 is 1.06 bits per heavy atom. The maximum Gasteiger partial charge on any atom is 1.00 e. The van der Waals surface area contributed by atoms with Crippen LogP contribution in [0.2, 0.25) is 0 Å². The Balaban J connectivity index is 0. The van der Waals surface area contributed by atoms with Crippen LogP contribution in [0, 0.1) is 0 Å². The van der Waals surface area contributed by atoms with Gasteiger partial charge in [-0.2, -0.15) is 8.62 Å². The molecular weight excluding hydrogens is 371 g/mol. The second kappa shape index (κ2) is 7.46. The zero-order valence-corrected chi connectivity index (χ0v) is 15.0. The van der Waals surface area contributed by atoms with E-state index in [0.29, 0.717) is 0 Å². The molecule has 0 rings (SSSR count). The molecule has 0 aliphatic rings. The molecule has 0 aromatic rings. The molecule has 0 aliphatic carbocycles. The summed E-state index contributed by atoms with van der Waals surface area (Å²) in [6, 6.07) is 0. The van der Waals surface area contributed by atoms with Crippen LogP contribution in [-0.4, -0.2) is 24.5 Å². The normalized spacial score (nSPS) is 22.1. The smallest absolute Gasteiger partial charge is 0.756 e. The van der Waals surface area contributed by atoms with Crippen LogP contribution in [0.1, 0.15) is 0 Å². The number of hydrogen-bond donors (Lipinski definition) is 5. The maximum atomic E-state index is 10.7. The van der Waals surface area contributed by atoms with Gasteiger partial charge < -0.3 is 29.4 Å². The molecule has 0 spiro atoms. The first-order chi connectivity index (χ1) is 7.12. The third-order valence-corrected chi connectivity index (χ3v) is 5.60. The fraction of sp³-hybridized carbons (Fsp3) is 0. The van der Waals surface area contributed by atoms with Gasteiger partial charge in [0, 0.05) is 0 Å². The predicted octanol–water partition coefficient (Wildman–Crippen LogP) is -4.21. The average Bonchev–Trinajstić information content (AvgIpc) is 1.65. The first kappa shape index (κ1) is 22.5. The van der Waals surface area contributed by atoms with Gasteiger partial charge in [-0.05, 0) is 0 Å². The minimum absolute atomic E-state index is 0. The first-order valence-electron chi connectivity index (χ1n) is 3.01. The SMILES string of the molecule is O=P([O-])(O)OP(=O)(O)OP(=O)(O)OP(=O)(O)O.[K+]. The van der Waals surface area contributed by atoms with Gasteiger partial charge in [0.05, 0.1) is 0 Å². The topological polar surface area (TPSA) is 220 Å². The molecule has 5 N–H and O–H groups in total. The summed E-state index contributed by atoms with van der Waals surface area (Å²) in [6.45, 7) is 0. The van der Waals surface area contributed by atoms with E-state index in [9.17, 15) is 23.2 Å². The molecule has 18 heteroatoms. The van der Waals surface area contributed by atoms with Gasteiger partial charge in [-0.25, -0.2) is 18.0 Å². The van der Waals surface area contributed by atoms with E-state index in [2.05, 4.69) is 12.9 Å². The van der Waals surface area contributed by atoms with Crippen molar-refractivity contribution in [2.24, 2.45) is 0 Å². The van der Waals surface area contributed by atoms with Crippen molar-refractivity contribution in [2.75, 3.05) is 0 Å². The molecule has 0 amide bonds. The fourth-order valence-corrected chi connectivity index (χ4v) is 4.36. The average molecular weight is 376 g/mol. The molecule has 13 nitrogen and oxygen atoms in total. The van der Waals surface area contributed by atoms with Crippen LogP contribution in [0.4, 0.5) is 0 Å². The van der Waals surface area contributed by atoms with E-state index in [1.165, 1.54) is 0 Å². The Morgan fingerprint density at radius 1 is 0.722 bits per heavy atom. The monoisotopic (exact) mass is 376 g/mol. The zero-order chi connectivity index (χ0) is 14.1. The molecule has 18 heavy (non-hydrogen) atoms. The molecule has 0 aromatic carbocycles.